The van der Waals surface area contributed by atoms with Gasteiger partial charge in [0.2, 0.25) is 9.84 Å². The summed E-state index contributed by atoms with van der Waals surface area (Å²) in [5, 5.41) is 0. The van der Waals surface area contributed by atoms with Crippen molar-refractivity contribution in [2.24, 2.45) is 0 Å². The molecule has 2 aromatic rings. The van der Waals surface area contributed by atoms with Crippen LogP contribution in [0.4, 0.5) is 11.4 Å². The summed E-state index contributed by atoms with van der Waals surface area (Å²) in [6, 6.07) is 4.95. The van der Waals surface area contributed by atoms with Crippen LogP contribution >= 0.6 is 0 Å². The number of hydrogen-bond donors (Lipinski definition) is 2. The summed E-state index contributed by atoms with van der Waals surface area (Å²) < 4.78 is 51.0. The normalized spacial score (nSPS) is 27.0. The molecule has 34 heavy (non-hydrogen) atoms. The third-order valence-electron chi connectivity index (χ3n) is 7.02. The van der Waals surface area contributed by atoms with Crippen LogP contribution in [-0.2, 0) is 54.5 Å². The molecule has 4 atom stereocenters. The van der Waals surface area contributed by atoms with Crippen LogP contribution in [0, 0.1) is 6.92 Å². The van der Waals surface area contributed by atoms with Crippen molar-refractivity contribution in [3.8, 4) is 0 Å². The fourth-order valence-corrected chi connectivity index (χ4v) is 6.94. The number of sulfone groups is 1. The number of nitrogen functional groups attached to an aromatic ring is 2. The second-order valence-corrected chi connectivity index (χ2v) is 11.7. The molecule has 4 aliphatic rings. The molecule has 8 nitrogen and oxygen atoms in total. The zero-order valence-corrected chi connectivity index (χ0v) is 20.0. The van der Waals surface area contributed by atoms with Crippen LogP contribution < -0.4 is 11.5 Å². The van der Waals surface area contributed by atoms with Crippen molar-refractivity contribution in [3.05, 3.63) is 46.0 Å². The molecule has 0 bridgehead atoms. The summed E-state index contributed by atoms with van der Waals surface area (Å²) in [6.45, 7) is 4.36. The van der Waals surface area contributed by atoms with E-state index in [4.69, 9.17) is 30.4 Å². The zero-order chi connectivity index (χ0) is 23.6. The number of ether oxygens (including phenoxy) is 4. The number of aryl methyl sites for hydroxylation is 1. The van der Waals surface area contributed by atoms with Gasteiger partial charge in [-0.3, -0.25) is 0 Å². The molecule has 4 fully saturated rings. The van der Waals surface area contributed by atoms with E-state index in [1.807, 2.05) is 0 Å². The molecule has 0 aromatic heterocycles. The lowest BCUT2D eigenvalue weighted by molar-refractivity contribution is 0.396. The topological polar surface area (TPSA) is 136 Å². The van der Waals surface area contributed by atoms with Crippen LogP contribution in [0.1, 0.15) is 27.8 Å². The predicted molar refractivity (Wildman–Crippen MR) is 126 cm³/mol. The third-order valence-corrected chi connectivity index (χ3v) is 9.09. The lowest BCUT2D eigenvalue weighted by Gasteiger charge is -2.25. The second kappa shape index (κ2) is 8.20. The van der Waals surface area contributed by atoms with Gasteiger partial charge in [-0.05, 0) is 52.9 Å². The van der Waals surface area contributed by atoms with Gasteiger partial charge in [-0.1, -0.05) is 0 Å². The largest absolute Gasteiger partial charge is 0.399 e. The van der Waals surface area contributed by atoms with Gasteiger partial charge in [-0.15, -0.1) is 0 Å². The van der Waals surface area contributed by atoms with Crippen molar-refractivity contribution in [2.45, 2.75) is 66.8 Å². The fraction of sp³-hybridized carbons (Fsp3) is 0.520. The third kappa shape index (κ3) is 4.43. The van der Waals surface area contributed by atoms with Gasteiger partial charge in [0.15, 0.2) is 0 Å². The first kappa shape index (κ1) is 22.3. The molecular weight excluding hydrogens is 456 g/mol. The van der Waals surface area contributed by atoms with E-state index in [1.54, 1.807) is 25.1 Å². The molecule has 2 aromatic carbocycles. The van der Waals surface area contributed by atoms with Gasteiger partial charge in [-0.2, -0.15) is 0 Å². The number of nitrogens with two attached hydrogens (primary N) is 2. The van der Waals surface area contributed by atoms with E-state index < -0.39 is 9.84 Å². The van der Waals surface area contributed by atoms with Gasteiger partial charge >= 0.3 is 0 Å². The van der Waals surface area contributed by atoms with Crippen LogP contribution in [0.3, 0.4) is 0 Å². The maximum absolute atomic E-state index is 14.4. The molecular formula is C25H30N2O6S. The molecule has 4 unspecified atom stereocenters. The van der Waals surface area contributed by atoms with Crippen molar-refractivity contribution in [2.75, 3.05) is 37.9 Å². The molecule has 4 N–H and O–H groups in total. The van der Waals surface area contributed by atoms with Gasteiger partial charge < -0.3 is 30.4 Å². The summed E-state index contributed by atoms with van der Waals surface area (Å²) in [5.74, 6) is 0. The SMILES string of the molecule is Cc1cc(N)ccc1S(=O)(=O)c1c(CC2CO2)c(CC2CO2)c(N)c(CC2CO2)c1CC1CO1. The molecule has 0 amide bonds. The molecule has 0 aliphatic carbocycles. The Balaban J connectivity index is 1.61. The van der Waals surface area contributed by atoms with Crippen molar-refractivity contribution >= 4 is 21.2 Å². The van der Waals surface area contributed by atoms with E-state index in [0.29, 0.717) is 73.9 Å². The number of rotatable bonds is 10. The number of epoxide rings is 4. The van der Waals surface area contributed by atoms with Crippen LogP contribution in [0.25, 0.3) is 0 Å². The predicted octanol–water partition coefficient (Wildman–Crippen LogP) is 1.76. The Morgan fingerprint density at radius 1 is 0.765 bits per heavy atom. The van der Waals surface area contributed by atoms with E-state index in [9.17, 15) is 8.42 Å². The standard InChI is InChI=1S/C25H30N2O6S/c1-13-4-14(26)2-3-23(13)34(28,29)25-21(7-17-11-32-17)19(5-15-9-30-15)24(27)20(6-16-10-31-16)22(25)8-18-12-33-18/h2-4,15-18H,5-12,26-27H2,1H3. The fourth-order valence-electron chi connectivity index (χ4n) is 4.92. The monoisotopic (exact) mass is 486 g/mol. The molecule has 6 rings (SSSR count). The summed E-state index contributed by atoms with van der Waals surface area (Å²) in [5.41, 5.74) is 17.9. The van der Waals surface area contributed by atoms with Crippen molar-refractivity contribution in [1.29, 1.82) is 0 Å². The summed E-state index contributed by atoms with van der Waals surface area (Å²) >= 11 is 0. The Bertz CT molecular complexity index is 1190. The van der Waals surface area contributed by atoms with Crippen LogP contribution in [0.15, 0.2) is 28.0 Å². The van der Waals surface area contributed by atoms with Gasteiger partial charge in [-0.25, -0.2) is 8.42 Å². The van der Waals surface area contributed by atoms with Crippen molar-refractivity contribution in [1.82, 2.24) is 0 Å². The summed E-state index contributed by atoms with van der Waals surface area (Å²) in [4.78, 5) is 0.636. The Morgan fingerprint density at radius 2 is 1.18 bits per heavy atom. The van der Waals surface area contributed by atoms with E-state index in [0.717, 1.165) is 22.3 Å². The molecule has 0 saturated carbocycles. The molecule has 4 heterocycles. The van der Waals surface area contributed by atoms with Crippen LogP contribution in [0.2, 0.25) is 0 Å². The molecule has 0 spiro atoms. The first-order chi connectivity index (χ1) is 16.3. The van der Waals surface area contributed by atoms with E-state index in [2.05, 4.69) is 0 Å². The van der Waals surface area contributed by atoms with Crippen LogP contribution in [0.5, 0.6) is 0 Å². The van der Waals surface area contributed by atoms with Crippen molar-refractivity contribution < 1.29 is 27.4 Å². The first-order valence-electron chi connectivity index (χ1n) is 11.8. The lowest BCUT2D eigenvalue weighted by Crippen LogP contribution is -2.21. The minimum absolute atomic E-state index is 0.00220. The lowest BCUT2D eigenvalue weighted by atomic mass is 9.87. The zero-order valence-electron chi connectivity index (χ0n) is 19.2. The highest BCUT2D eigenvalue weighted by molar-refractivity contribution is 7.91. The number of anilines is 2. The molecule has 4 saturated heterocycles. The summed E-state index contributed by atoms with van der Waals surface area (Å²) in [6.07, 6.45) is 2.34. The van der Waals surface area contributed by atoms with Gasteiger partial charge in [0.25, 0.3) is 0 Å². The van der Waals surface area contributed by atoms with Gasteiger partial charge in [0, 0.05) is 37.1 Å². The van der Waals surface area contributed by atoms with Crippen LogP contribution in [-0.4, -0.2) is 59.3 Å². The Kier molecular flexibility index (Phi) is 5.38. The summed E-state index contributed by atoms with van der Waals surface area (Å²) in [7, 11) is -3.88. The maximum Gasteiger partial charge on any atom is 0.207 e. The van der Waals surface area contributed by atoms with Gasteiger partial charge in [0.05, 0.1) is 60.6 Å². The van der Waals surface area contributed by atoms with E-state index in [-0.39, 0.29) is 29.3 Å². The first-order valence-corrected chi connectivity index (χ1v) is 13.3. The van der Waals surface area contributed by atoms with E-state index >= 15 is 0 Å². The Labute approximate surface area is 199 Å². The van der Waals surface area contributed by atoms with Crippen molar-refractivity contribution in [3.63, 3.8) is 0 Å². The molecule has 182 valence electrons. The average molecular weight is 487 g/mol. The van der Waals surface area contributed by atoms with Gasteiger partial charge in [0.1, 0.15) is 0 Å². The Morgan fingerprint density at radius 3 is 1.56 bits per heavy atom. The smallest absolute Gasteiger partial charge is 0.207 e. The quantitative estimate of drug-likeness (QED) is 0.383. The Hall–Kier alpha value is -2.17. The second-order valence-electron chi connectivity index (χ2n) is 9.82. The number of hydrogen-bond acceptors (Lipinski definition) is 8. The minimum atomic E-state index is -3.88. The number of benzene rings is 2. The average Bonchev–Trinajstić information content (AvgIpc) is 3.58. The highest BCUT2D eigenvalue weighted by atomic mass is 32.2. The highest BCUT2D eigenvalue weighted by Crippen LogP contribution is 2.43. The molecule has 0 radical (unpaired) electrons. The maximum atomic E-state index is 14.4. The van der Waals surface area contributed by atoms with E-state index in [1.165, 1.54) is 0 Å². The minimum Gasteiger partial charge on any atom is -0.399 e. The molecule has 9 heteroatoms. The molecule has 4 aliphatic heterocycles. The highest BCUT2D eigenvalue weighted by Gasteiger charge is 2.40.